The molecule has 1 N–H and O–H groups in total. The molecule has 2 heterocycles. The predicted molar refractivity (Wildman–Crippen MR) is 105 cm³/mol. The van der Waals surface area contributed by atoms with Crippen molar-refractivity contribution in [2.75, 3.05) is 12.4 Å². The first-order valence-electron chi connectivity index (χ1n) is 9.48. The summed E-state index contributed by atoms with van der Waals surface area (Å²) in [7, 11) is -3.07. The molecule has 3 rings (SSSR count). The van der Waals surface area contributed by atoms with Gasteiger partial charge in [0.2, 0.25) is 0 Å². The van der Waals surface area contributed by atoms with Gasteiger partial charge in [-0.1, -0.05) is 55.7 Å². The fourth-order valence-electron chi connectivity index (χ4n) is 4.02. The van der Waals surface area contributed by atoms with Crippen LogP contribution in [-0.4, -0.2) is 37.2 Å². The number of hydrogen-bond donors (Lipinski definition) is 1. The van der Waals surface area contributed by atoms with Crippen LogP contribution in [0, 0.1) is 0 Å². The Balaban J connectivity index is 1.74. The second-order valence-corrected chi connectivity index (χ2v) is 9.36. The highest BCUT2D eigenvalue weighted by atomic mass is 32.2. The molecule has 1 aromatic carbocycles. The molecule has 0 amide bonds. The minimum Gasteiger partial charge on any atom is -0.507 e. The summed E-state index contributed by atoms with van der Waals surface area (Å²) >= 11 is 0. The Morgan fingerprint density at radius 3 is 2.77 bits per heavy atom. The summed E-state index contributed by atoms with van der Waals surface area (Å²) in [6, 6.07) is 7.31. The molecule has 0 unspecified atom stereocenters. The Labute approximate surface area is 156 Å². The minimum absolute atomic E-state index is 0.0851. The Hall–Kier alpha value is -1.59. The Kier molecular flexibility index (Phi) is 5.88. The maximum atomic E-state index is 12.4. The van der Waals surface area contributed by atoms with Crippen molar-refractivity contribution in [3.8, 4) is 5.75 Å². The number of rotatable bonds is 7. The van der Waals surface area contributed by atoms with E-state index in [0.717, 1.165) is 48.8 Å². The monoisotopic (exact) mass is 376 g/mol. The highest BCUT2D eigenvalue weighted by Crippen LogP contribution is 2.40. The number of sulfone groups is 1. The molecule has 1 aromatic rings. The van der Waals surface area contributed by atoms with Gasteiger partial charge in [0, 0.05) is 5.56 Å². The van der Waals surface area contributed by atoms with Crippen LogP contribution in [0.3, 0.4) is 0 Å². The molecule has 1 fully saturated rings. The fraction of sp³-hybridized carbons (Fsp3) is 0.524. The summed E-state index contributed by atoms with van der Waals surface area (Å²) < 4.78 is 30.7. The average Bonchev–Trinajstić information content (AvgIpc) is 3.14. The molecule has 0 spiro atoms. The topological polar surface area (TPSA) is 63.6 Å². The molecule has 0 aliphatic carbocycles. The smallest absolute Gasteiger partial charge is 0.163 e. The maximum absolute atomic E-state index is 12.4. The van der Waals surface area contributed by atoms with E-state index in [1.54, 1.807) is 6.07 Å². The van der Waals surface area contributed by atoms with Crippen molar-refractivity contribution in [3.05, 3.63) is 46.5 Å². The van der Waals surface area contributed by atoms with Gasteiger partial charge in [0.1, 0.15) is 11.0 Å². The number of allylic oxidation sites excluding steroid dienone is 1. The predicted octanol–water partition coefficient (Wildman–Crippen LogP) is 4.26. The lowest BCUT2D eigenvalue weighted by atomic mass is 9.94. The van der Waals surface area contributed by atoms with Gasteiger partial charge in [0.25, 0.3) is 0 Å². The van der Waals surface area contributed by atoms with E-state index < -0.39 is 15.1 Å². The van der Waals surface area contributed by atoms with E-state index in [-0.39, 0.29) is 17.6 Å². The van der Waals surface area contributed by atoms with Gasteiger partial charge in [-0.15, -0.1) is 0 Å². The number of aromatic hydroxyl groups is 1. The molecule has 4 nitrogen and oxygen atoms in total. The molecule has 2 aliphatic rings. The first-order valence-corrected chi connectivity index (χ1v) is 11.2. The highest BCUT2D eigenvalue weighted by Gasteiger charge is 2.46. The third-order valence-electron chi connectivity index (χ3n) is 5.39. The number of benzene rings is 1. The second-order valence-electron chi connectivity index (χ2n) is 7.18. The van der Waals surface area contributed by atoms with E-state index in [1.165, 1.54) is 5.57 Å². The van der Waals surface area contributed by atoms with Gasteiger partial charge in [-0.05, 0) is 37.3 Å². The van der Waals surface area contributed by atoms with Crippen LogP contribution in [0.5, 0.6) is 5.75 Å². The van der Waals surface area contributed by atoms with Crippen LogP contribution >= 0.6 is 0 Å². The molecular weight excluding hydrogens is 348 g/mol. The van der Waals surface area contributed by atoms with Crippen LogP contribution < -0.4 is 0 Å². The van der Waals surface area contributed by atoms with Crippen LogP contribution in [-0.2, 0) is 14.6 Å². The third-order valence-corrected chi connectivity index (χ3v) is 7.40. The van der Waals surface area contributed by atoms with Crippen LogP contribution in [0.25, 0.3) is 6.08 Å². The molecule has 142 valence electrons. The standard InChI is InChI=1S/C21H28O4S/c1-3-7-17-14-26(23,24)20-13-25-19(21(17)20)11-10-15(4-2)12-16-8-5-6-9-18(16)22/h5-6,8-9,12,19-20,22H,3-4,7,10-11,13-14H2,1-2H3/b15-12+/t19-,20+/m1/s1. The minimum atomic E-state index is -3.07. The third kappa shape index (κ3) is 3.89. The normalized spacial score (nSPS) is 24.9. The average molecular weight is 377 g/mol. The van der Waals surface area contributed by atoms with Crippen LogP contribution in [0.2, 0.25) is 0 Å². The van der Waals surface area contributed by atoms with E-state index in [0.29, 0.717) is 6.61 Å². The van der Waals surface area contributed by atoms with Crippen molar-refractivity contribution in [1.82, 2.24) is 0 Å². The van der Waals surface area contributed by atoms with E-state index in [4.69, 9.17) is 4.74 Å². The quantitative estimate of drug-likeness (QED) is 0.722. The van der Waals surface area contributed by atoms with Crippen LogP contribution in [0.1, 0.15) is 51.5 Å². The lowest BCUT2D eigenvalue weighted by Crippen LogP contribution is -2.19. The maximum Gasteiger partial charge on any atom is 0.163 e. The van der Waals surface area contributed by atoms with Gasteiger partial charge < -0.3 is 9.84 Å². The van der Waals surface area contributed by atoms with Gasteiger partial charge in [-0.2, -0.15) is 0 Å². The summed E-state index contributed by atoms with van der Waals surface area (Å²) in [6.45, 7) is 4.49. The van der Waals surface area contributed by atoms with Crippen molar-refractivity contribution >= 4 is 15.9 Å². The van der Waals surface area contributed by atoms with Gasteiger partial charge >= 0.3 is 0 Å². The molecule has 0 saturated carbocycles. The zero-order chi connectivity index (χ0) is 18.7. The van der Waals surface area contributed by atoms with E-state index in [9.17, 15) is 13.5 Å². The first-order chi connectivity index (χ1) is 12.5. The number of fused-ring (bicyclic) bond motifs is 1. The largest absolute Gasteiger partial charge is 0.507 e. The molecule has 1 saturated heterocycles. The number of phenols is 1. The second kappa shape index (κ2) is 7.97. The summed E-state index contributed by atoms with van der Waals surface area (Å²) in [4.78, 5) is 0. The van der Waals surface area contributed by atoms with E-state index in [1.807, 2.05) is 24.3 Å². The molecule has 0 aromatic heterocycles. The van der Waals surface area contributed by atoms with Crippen molar-refractivity contribution in [2.45, 2.75) is 57.3 Å². The molecule has 26 heavy (non-hydrogen) atoms. The molecule has 0 radical (unpaired) electrons. The van der Waals surface area contributed by atoms with E-state index >= 15 is 0 Å². The number of hydrogen-bond acceptors (Lipinski definition) is 4. The van der Waals surface area contributed by atoms with Crippen molar-refractivity contribution in [2.24, 2.45) is 0 Å². The number of para-hydroxylation sites is 1. The lowest BCUT2D eigenvalue weighted by Gasteiger charge is -2.15. The lowest BCUT2D eigenvalue weighted by molar-refractivity contribution is 0.117. The summed E-state index contributed by atoms with van der Waals surface area (Å²) in [5.41, 5.74) is 4.19. The molecule has 5 heteroatoms. The van der Waals surface area contributed by atoms with Gasteiger partial charge in [-0.3, -0.25) is 0 Å². The summed E-state index contributed by atoms with van der Waals surface area (Å²) in [6.07, 6.45) is 6.28. The molecular formula is C21H28O4S. The van der Waals surface area contributed by atoms with Crippen molar-refractivity contribution in [1.29, 1.82) is 0 Å². The molecule has 0 bridgehead atoms. The van der Waals surface area contributed by atoms with Crippen molar-refractivity contribution in [3.63, 3.8) is 0 Å². The van der Waals surface area contributed by atoms with Gasteiger partial charge in [0.15, 0.2) is 9.84 Å². The Morgan fingerprint density at radius 2 is 2.08 bits per heavy atom. The summed E-state index contributed by atoms with van der Waals surface area (Å²) in [5.74, 6) is 0.500. The SMILES string of the molecule is CCCC1=C2[C@@H](CC/C(=C/c3ccccc3O)CC)OC[C@@H]2S(=O)(=O)C1. The molecule has 2 atom stereocenters. The number of phenolic OH excluding ortho intramolecular Hbond substituents is 1. The van der Waals surface area contributed by atoms with Gasteiger partial charge in [0.05, 0.1) is 18.5 Å². The zero-order valence-corrected chi connectivity index (χ0v) is 16.4. The number of ether oxygens (including phenoxy) is 1. The highest BCUT2D eigenvalue weighted by molar-refractivity contribution is 7.92. The molecule has 2 aliphatic heterocycles. The Bertz CT molecular complexity index is 820. The van der Waals surface area contributed by atoms with Crippen molar-refractivity contribution < 1.29 is 18.3 Å². The first kappa shape index (κ1) is 19.2. The van der Waals surface area contributed by atoms with Crippen LogP contribution in [0.4, 0.5) is 0 Å². The fourth-order valence-corrected chi connectivity index (χ4v) is 6.01. The summed E-state index contributed by atoms with van der Waals surface area (Å²) in [5, 5.41) is 9.55. The van der Waals surface area contributed by atoms with Crippen LogP contribution in [0.15, 0.2) is 41.0 Å². The Morgan fingerprint density at radius 1 is 1.31 bits per heavy atom. The van der Waals surface area contributed by atoms with E-state index in [2.05, 4.69) is 13.8 Å². The zero-order valence-electron chi connectivity index (χ0n) is 15.6. The van der Waals surface area contributed by atoms with Gasteiger partial charge in [-0.25, -0.2) is 8.42 Å².